The summed E-state index contributed by atoms with van der Waals surface area (Å²) in [5, 5.41) is 0. The summed E-state index contributed by atoms with van der Waals surface area (Å²) in [4.78, 5) is 15.5. The lowest BCUT2D eigenvalue weighted by Gasteiger charge is -1.83. The topological polar surface area (TPSA) is 51.6 Å². The second kappa shape index (κ2) is 7.00. The summed E-state index contributed by atoms with van der Waals surface area (Å²) in [6, 6.07) is 0. The molecule has 0 fully saturated rings. The first-order chi connectivity index (χ1) is 7.86. The lowest BCUT2D eigenvalue weighted by Crippen LogP contribution is -1.77. The predicted molar refractivity (Wildman–Crippen MR) is 64.2 cm³/mol. The average molecular weight is 212 g/mol. The summed E-state index contributed by atoms with van der Waals surface area (Å²) in [7, 11) is 0. The van der Waals surface area contributed by atoms with Gasteiger partial charge in [0.2, 0.25) is 0 Å². The molecule has 0 bridgehead atoms. The van der Waals surface area contributed by atoms with Crippen LogP contribution in [0.4, 0.5) is 0 Å². The molecule has 0 amide bonds. The van der Waals surface area contributed by atoms with Gasteiger partial charge in [-0.3, -0.25) is 19.9 Å². The third-order valence-electron chi connectivity index (χ3n) is 1.58. The highest BCUT2D eigenvalue weighted by Crippen LogP contribution is 1.89. The van der Waals surface area contributed by atoms with E-state index < -0.39 is 0 Å². The van der Waals surface area contributed by atoms with E-state index in [0.717, 1.165) is 11.4 Å². The van der Waals surface area contributed by atoms with Crippen LogP contribution in [0, 0.1) is 0 Å². The molecule has 4 nitrogen and oxygen atoms in total. The molecule has 2 aromatic heterocycles. The summed E-state index contributed by atoms with van der Waals surface area (Å²) in [5.41, 5.74) is 1.63. The summed E-state index contributed by atoms with van der Waals surface area (Å²) in [5.74, 6) is 0. The summed E-state index contributed by atoms with van der Waals surface area (Å²) >= 11 is 0. The standard InChI is InChI=1S/2C6H6N2/c2*1-2-6-5-7-3-4-8-6/h2*2-5H,1H2. The molecule has 0 saturated carbocycles. The van der Waals surface area contributed by atoms with E-state index in [-0.39, 0.29) is 0 Å². The molecule has 2 heterocycles. The van der Waals surface area contributed by atoms with Crippen LogP contribution in [0.2, 0.25) is 0 Å². The van der Waals surface area contributed by atoms with Crippen molar-refractivity contribution in [3.05, 3.63) is 61.7 Å². The first-order valence-electron chi connectivity index (χ1n) is 4.63. The Labute approximate surface area is 94.5 Å². The van der Waals surface area contributed by atoms with Gasteiger partial charge in [0.25, 0.3) is 0 Å². The fourth-order valence-corrected chi connectivity index (χ4v) is 0.832. The average Bonchev–Trinajstić information content (AvgIpc) is 2.41. The van der Waals surface area contributed by atoms with Gasteiger partial charge < -0.3 is 0 Å². The predicted octanol–water partition coefficient (Wildman–Crippen LogP) is 2.24. The van der Waals surface area contributed by atoms with Crippen LogP contribution in [-0.4, -0.2) is 19.9 Å². The van der Waals surface area contributed by atoms with Gasteiger partial charge in [-0.05, 0) is 12.2 Å². The molecule has 4 heteroatoms. The SMILES string of the molecule is C=Cc1cnccn1.C=Cc1cnccn1. The van der Waals surface area contributed by atoms with Gasteiger partial charge in [-0.2, -0.15) is 0 Å². The molecule has 16 heavy (non-hydrogen) atoms. The molecule has 0 atom stereocenters. The van der Waals surface area contributed by atoms with Crippen molar-refractivity contribution >= 4 is 12.2 Å². The summed E-state index contributed by atoms with van der Waals surface area (Å²) in [6.45, 7) is 7.06. The first-order valence-corrected chi connectivity index (χ1v) is 4.63. The van der Waals surface area contributed by atoms with Crippen molar-refractivity contribution < 1.29 is 0 Å². The normalized spacial score (nSPS) is 8.50. The molecule has 0 saturated heterocycles. The smallest absolute Gasteiger partial charge is 0.0807 e. The lowest BCUT2D eigenvalue weighted by molar-refractivity contribution is 1.18. The molecule has 0 aliphatic carbocycles. The Morgan fingerprint density at radius 3 is 1.38 bits per heavy atom. The number of hydrogen-bond acceptors (Lipinski definition) is 4. The Balaban J connectivity index is 0.000000160. The summed E-state index contributed by atoms with van der Waals surface area (Å²) < 4.78 is 0. The molecule has 2 aromatic rings. The quantitative estimate of drug-likeness (QED) is 0.766. The Kier molecular flexibility index (Phi) is 5.13. The number of hydrogen-bond donors (Lipinski definition) is 0. The van der Waals surface area contributed by atoms with E-state index in [1.165, 1.54) is 0 Å². The van der Waals surface area contributed by atoms with Crippen molar-refractivity contribution in [3.63, 3.8) is 0 Å². The maximum Gasteiger partial charge on any atom is 0.0807 e. The largest absolute Gasteiger partial charge is 0.261 e. The maximum absolute atomic E-state index is 3.92. The maximum atomic E-state index is 3.92. The molecule has 80 valence electrons. The first kappa shape index (κ1) is 11.7. The van der Waals surface area contributed by atoms with Crippen LogP contribution in [0.3, 0.4) is 0 Å². The van der Waals surface area contributed by atoms with E-state index in [0.29, 0.717) is 0 Å². The zero-order chi connectivity index (χ0) is 11.6. The van der Waals surface area contributed by atoms with Crippen LogP contribution < -0.4 is 0 Å². The zero-order valence-electron chi connectivity index (χ0n) is 8.82. The van der Waals surface area contributed by atoms with Gasteiger partial charge in [0.05, 0.1) is 23.8 Å². The molecule has 2 rings (SSSR count). The molecule has 0 aliphatic rings. The van der Waals surface area contributed by atoms with E-state index in [9.17, 15) is 0 Å². The molecule has 0 unspecified atom stereocenters. The van der Waals surface area contributed by atoms with E-state index in [2.05, 4.69) is 33.1 Å². The van der Waals surface area contributed by atoms with Crippen LogP contribution in [0.15, 0.2) is 50.3 Å². The number of nitrogens with zero attached hydrogens (tertiary/aromatic N) is 4. The van der Waals surface area contributed by atoms with Crippen molar-refractivity contribution in [2.75, 3.05) is 0 Å². The molecule has 0 spiro atoms. The van der Waals surface area contributed by atoms with Gasteiger partial charge in [0.15, 0.2) is 0 Å². The Morgan fingerprint density at radius 2 is 1.19 bits per heavy atom. The zero-order valence-corrected chi connectivity index (χ0v) is 8.82. The van der Waals surface area contributed by atoms with Crippen LogP contribution >= 0.6 is 0 Å². The Bertz CT molecular complexity index is 382. The highest BCUT2D eigenvalue weighted by Gasteiger charge is 1.79. The van der Waals surface area contributed by atoms with E-state index in [4.69, 9.17) is 0 Å². The minimum absolute atomic E-state index is 0.813. The Morgan fingerprint density at radius 1 is 0.750 bits per heavy atom. The Hall–Kier alpha value is -2.36. The van der Waals surface area contributed by atoms with E-state index in [1.54, 1.807) is 49.3 Å². The minimum atomic E-state index is 0.813. The van der Waals surface area contributed by atoms with Crippen LogP contribution in [0.5, 0.6) is 0 Å². The second-order valence-electron chi connectivity index (χ2n) is 2.67. The fraction of sp³-hybridized carbons (Fsp3) is 0. The lowest BCUT2D eigenvalue weighted by atomic mass is 10.5. The third-order valence-corrected chi connectivity index (χ3v) is 1.58. The van der Waals surface area contributed by atoms with Crippen LogP contribution in [-0.2, 0) is 0 Å². The van der Waals surface area contributed by atoms with Crippen molar-refractivity contribution in [2.45, 2.75) is 0 Å². The molecule has 0 aliphatic heterocycles. The number of aromatic nitrogens is 4. The van der Waals surface area contributed by atoms with Gasteiger partial charge in [0.1, 0.15) is 0 Å². The monoisotopic (exact) mass is 212 g/mol. The van der Waals surface area contributed by atoms with Gasteiger partial charge >= 0.3 is 0 Å². The second-order valence-corrected chi connectivity index (χ2v) is 2.67. The van der Waals surface area contributed by atoms with E-state index in [1.807, 2.05) is 0 Å². The van der Waals surface area contributed by atoms with Gasteiger partial charge in [-0.15, -0.1) is 0 Å². The van der Waals surface area contributed by atoms with E-state index >= 15 is 0 Å². The summed E-state index contributed by atoms with van der Waals surface area (Å²) in [6.07, 6.45) is 13.2. The van der Waals surface area contributed by atoms with Crippen molar-refractivity contribution in [3.8, 4) is 0 Å². The highest BCUT2D eigenvalue weighted by atomic mass is 14.8. The minimum Gasteiger partial charge on any atom is -0.261 e. The third kappa shape index (κ3) is 4.23. The van der Waals surface area contributed by atoms with Crippen molar-refractivity contribution in [1.29, 1.82) is 0 Å². The molecule has 0 N–H and O–H groups in total. The molecular formula is C12H12N4. The molecule has 0 radical (unpaired) electrons. The van der Waals surface area contributed by atoms with Crippen molar-refractivity contribution in [2.24, 2.45) is 0 Å². The van der Waals surface area contributed by atoms with Crippen LogP contribution in [0.25, 0.3) is 12.2 Å². The van der Waals surface area contributed by atoms with Gasteiger partial charge in [-0.25, -0.2) is 0 Å². The van der Waals surface area contributed by atoms with Gasteiger partial charge in [-0.1, -0.05) is 13.2 Å². The van der Waals surface area contributed by atoms with Gasteiger partial charge in [0, 0.05) is 24.8 Å². The number of rotatable bonds is 2. The van der Waals surface area contributed by atoms with Crippen LogP contribution in [0.1, 0.15) is 11.4 Å². The van der Waals surface area contributed by atoms with Crippen molar-refractivity contribution in [1.82, 2.24) is 19.9 Å². The highest BCUT2D eigenvalue weighted by molar-refractivity contribution is 5.38. The molecular weight excluding hydrogens is 200 g/mol. The fourth-order valence-electron chi connectivity index (χ4n) is 0.832. The molecule has 0 aromatic carbocycles.